The number of ether oxygens (including phenoxy) is 2. The number of rotatable bonds is 11. The maximum atomic E-state index is 14.7. The number of hydrogen-bond donors (Lipinski definition) is 3. The summed E-state index contributed by atoms with van der Waals surface area (Å²) in [4.78, 5) is 92.1. The zero-order chi connectivity index (χ0) is 52.3. The Labute approximate surface area is 418 Å². The number of carbonyl (C=O) groups excluding carboxylic acids is 6. The number of aromatic hydroxyl groups is 1. The maximum absolute atomic E-state index is 14.7. The number of pyridine rings is 1. The van der Waals surface area contributed by atoms with E-state index in [-0.39, 0.29) is 43.8 Å². The highest BCUT2D eigenvalue weighted by Crippen LogP contribution is 2.41. The number of hydrogen-bond acceptors (Lipinski definition) is 11. The predicted octanol–water partition coefficient (Wildman–Crippen LogP) is 6.96. The number of benzene rings is 2. The van der Waals surface area contributed by atoms with E-state index in [2.05, 4.69) is 33.3 Å². The van der Waals surface area contributed by atoms with Crippen molar-refractivity contribution in [3.63, 3.8) is 0 Å². The number of likely N-dealkylation sites (N-methyl/N-ethyl adjacent to an activating group) is 2. The lowest BCUT2D eigenvalue weighted by molar-refractivity contribution is -0.155. The van der Waals surface area contributed by atoms with Crippen LogP contribution in [0.4, 0.5) is 4.79 Å². The molecule has 1 saturated heterocycles. The smallest absolute Gasteiger partial charge is 0.410 e. The summed E-state index contributed by atoms with van der Waals surface area (Å²) in [5.74, 6) is -2.76. The van der Waals surface area contributed by atoms with Gasteiger partial charge < -0.3 is 39.2 Å². The van der Waals surface area contributed by atoms with Gasteiger partial charge in [-0.15, -0.1) is 0 Å². The van der Waals surface area contributed by atoms with Gasteiger partial charge in [0.2, 0.25) is 11.8 Å². The molecule has 3 N–H and O–H groups in total. The normalized spacial score (nSPS) is 18.3. The largest absolute Gasteiger partial charge is 0.508 e. The Morgan fingerprint density at radius 3 is 2.35 bits per heavy atom. The number of esters is 1. The number of phenols is 1. The molecule has 2 aliphatic heterocycles. The third-order valence-corrected chi connectivity index (χ3v) is 13.5. The summed E-state index contributed by atoms with van der Waals surface area (Å²) < 4.78 is 13.7. The summed E-state index contributed by atoms with van der Waals surface area (Å²) in [7, 11) is 4.72. The first-order valence-corrected chi connectivity index (χ1v) is 24.8. The van der Waals surface area contributed by atoms with Crippen molar-refractivity contribution in [1.29, 1.82) is 0 Å². The first-order valence-electron chi connectivity index (χ1n) is 24.8. The highest BCUT2D eigenvalue weighted by molar-refractivity contribution is 5.98. The molecule has 0 saturated carbocycles. The summed E-state index contributed by atoms with van der Waals surface area (Å²) >= 11 is 0. The molecule has 384 valence electrons. The van der Waals surface area contributed by atoms with Crippen molar-refractivity contribution in [3.8, 4) is 28.1 Å². The molecule has 0 aliphatic carbocycles. The molecule has 71 heavy (non-hydrogen) atoms. The van der Waals surface area contributed by atoms with Crippen LogP contribution in [0.15, 0.2) is 54.9 Å². The molecule has 1 fully saturated rings. The van der Waals surface area contributed by atoms with E-state index in [0.717, 1.165) is 44.6 Å². The predicted molar refractivity (Wildman–Crippen MR) is 272 cm³/mol. The second-order valence-corrected chi connectivity index (χ2v) is 21.4. The van der Waals surface area contributed by atoms with Crippen LogP contribution in [0.1, 0.15) is 110 Å². The number of aryl methyl sites for hydroxylation is 1. The summed E-state index contributed by atoms with van der Waals surface area (Å²) in [6.45, 7) is 19.5. The molecule has 1 unspecified atom stereocenters. The van der Waals surface area contributed by atoms with E-state index < -0.39 is 64.8 Å². The van der Waals surface area contributed by atoms with Crippen molar-refractivity contribution in [2.45, 2.75) is 138 Å². The minimum atomic E-state index is -1.22. The highest BCUT2D eigenvalue weighted by atomic mass is 16.6. The molecule has 2 aromatic carbocycles. The Balaban J connectivity index is 1.44. The number of carbonyl (C=O) groups is 6. The average Bonchev–Trinajstić information content (AvgIpc) is 3.62. The minimum absolute atomic E-state index is 0.0307. The Hall–Kier alpha value is -6.49. The van der Waals surface area contributed by atoms with Crippen LogP contribution in [0.5, 0.6) is 5.75 Å². The van der Waals surface area contributed by atoms with Gasteiger partial charge in [0.25, 0.3) is 11.8 Å². The number of aromatic nitrogens is 2. The quantitative estimate of drug-likeness (QED) is 0.131. The van der Waals surface area contributed by atoms with Crippen LogP contribution in [0, 0.1) is 11.3 Å². The van der Waals surface area contributed by atoms with E-state index in [0.29, 0.717) is 42.5 Å². The summed E-state index contributed by atoms with van der Waals surface area (Å²) in [5, 5.41) is 16.6. The molecule has 4 aromatic rings. The van der Waals surface area contributed by atoms with Crippen molar-refractivity contribution in [2.24, 2.45) is 11.3 Å². The number of fused-ring (bicyclic) bond motifs is 6. The van der Waals surface area contributed by atoms with E-state index >= 15 is 0 Å². The molecule has 5 amide bonds. The van der Waals surface area contributed by atoms with Crippen LogP contribution in [0.2, 0.25) is 0 Å². The molecular formula is C54H74N8O9. The molecule has 6 rings (SSSR count). The van der Waals surface area contributed by atoms with Gasteiger partial charge in [-0.3, -0.25) is 34.0 Å². The third-order valence-electron chi connectivity index (χ3n) is 13.5. The average molecular weight is 979 g/mol. The second kappa shape index (κ2) is 21.9. The zero-order valence-corrected chi connectivity index (χ0v) is 43.8. The van der Waals surface area contributed by atoms with Gasteiger partial charge in [-0.2, -0.15) is 0 Å². The lowest BCUT2D eigenvalue weighted by Gasteiger charge is -2.37. The Morgan fingerprint density at radius 1 is 0.972 bits per heavy atom. The molecule has 2 aliphatic rings. The van der Waals surface area contributed by atoms with E-state index in [1.807, 2.05) is 52.0 Å². The molecule has 0 spiro atoms. The van der Waals surface area contributed by atoms with Crippen molar-refractivity contribution in [2.75, 3.05) is 40.8 Å². The molecular weight excluding hydrogens is 905 g/mol. The highest BCUT2D eigenvalue weighted by Gasteiger charge is 2.38. The molecule has 17 nitrogen and oxygen atoms in total. The van der Waals surface area contributed by atoms with Gasteiger partial charge >= 0.3 is 12.1 Å². The standard InChI is InChI=1S/C54H74N8O9/c1-14-33(5)59(12)49(66)38-24-37(28-55-29-38)47-41-27-54(9,10)31-70-51(68)42-17-16-20-62(57-42)50(67)43(23-34-21-36(25-39(63)22-34)35-18-19-44(40(41)26-35)61(47)15-2)56-48(65)46(32(3)4)60(13)45(64)30-58(11)52(69)71-53(6,7)8/h18-19,21-22,24-26,28-29,32-33,42-43,46,57,63H,14-17,20,23,27,30-31H2,1-13H3,(H,56,65)/t33?,42-,43-,46-/m0/s1. The second-order valence-electron chi connectivity index (χ2n) is 21.4. The van der Waals surface area contributed by atoms with Crippen molar-refractivity contribution in [1.82, 2.24) is 40.0 Å². The summed E-state index contributed by atoms with van der Waals surface area (Å²) in [5.41, 5.74) is 7.74. The third kappa shape index (κ3) is 12.5. The van der Waals surface area contributed by atoms with Gasteiger partial charge in [0.1, 0.15) is 36.0 Å². The van der Waals surface area contributed by atoms with Crippen LogP contribution in [-0.2, 0) is 48.0 Å². The fourth-order valence-corrected chi connectivity index (χ4v) is 9.46. The zero-order valence-electron chi connectivity index (χ0n) is 43.8. The SMILES string of the molecule is CCC(C)N(C)C(=O)c1cncc(-c2c3c4cc(ccc4n2CC)-c2cc(O)cc(c2)C[C@H](NC(=O)[C@H](C(C)C)N(C)C(=O)CN(C)C(=O)OC(C)(C)C)C(=O)N2CCC[C@H](N2)C(=O)OCC(C)(C)C3)c1. The number of nitrogens with zero attached hydrogens (tertiary/aromatic N) is 6. The topological polar surface area (TPSA) is 196 Å². The van der Waals surface area contributed by atoms with Crippen LogP contribution < -0.4 is 10.7 Å². The fraction of sp³-hybridized carbons (Fsp3) is 0.537. The lowest BCUT2D eigenvalue weighted by atomic mass is 9.84. The van der Waals surface area contributed by atoms with Crippen molar-refractivity contribution >= 4 is 46.6 Å². The van der Waals surface area contributed by atoms with Crippen LogP contribution in [-0.4, -0.2) is 141 Å². The molecule has 4 heterocycles. The lowest BCUT2D eigenvalue weighted by Crippen LogP contribution is -2.62. The van der Waals surface area contributed by atoms with Crippen LogP contribution in [0.3, 0.4) is 0 Å². The number of hydrazine groups is 1. The minimum Gasteiger partial charge on any atom is -0.508 e. The number of cyclic esters (lactones) is 1. The Bertz CT molecular complexity index is 2650. The van der Waals surface area contributed by atoms with Gasteiger partial charge in [-0.25, -0.2) is 10.2 Å². The number of nitrogens with one attached hydrogen (secondary N) is 2. The molecule has 6 bridgehead atoms. The van der Waals surface area contributed by atoms with Crippen molar-refractivity contribution < 1.29 is 43.3 Å². The summed E-state index contributed by atoms with van der Waals surface area (Å²) in [6.07, 6.45) is 4.77. The number of amides is 5. The fourth-order valence-electron chi connectivity index (χ4n) is 9.46. The van der Waals surface area contributed by atoms with Gasteiger partial charge in [-0.1, -0.05) is 46.8 Å². The van der Waals surface area contributed by atoms with Crippen molar-refractivity contribution in [3.05, 3.63) is 71.5 Å². The molecule has 2 aromatic heterocycles. The van der Waals surface area contributed by atoms with E-state index in [4.69, 9.17) is 9.47 Å². The van der Waals surface area contributed by atoms with Crippen LogP contribution >= 0.6 is 0 Å². The van der Waals surface area contributed by atoms with Gasteiger partial charge in [0.05, 0.1) is 17.9 Å². The molecule has 17 heteroatoms. The van der Waals surface area contributed by atoms with Crippen LogP contribution in [0.25, 0.3) is 33.3 Å². The Morgan fingerprint density at radius 2 is 1.69 bits per heavy atom. The van der Waals surface area contributed by atoms with Gasteiger partial charge in [0, 0.05) is 81.0 Å². The number of phenolic OH excluding ortho intramolecular Hbond substituents is 1. The van der Waals surface area contributed by atoms with Gasteiger partial charge in [-0.05, 0) is 119 Å². The maximum Gasteiger partial charge on any atom is 0.410 e. The monoisotopic (exact) mass is 979 g/mol. The Kier molecular flexibility index (Phi) is 16.6. The molecule has 0 radical (unpaired) electrons. The van der Waals surface area contributed by atoms with Gasteiger partial charge in [0.15, 0.2) is 0 Å². The van der Waals surface area contributed by atoms with E-state index in [1.165, 1.54) is 24.0 Å². The van der Waals surface area contributed by atoms with E-state index in [1.54, 1.807) is 71.1 Å². The van der Waals surface area contributed by atoms with E-state index in [9.17, 15) is 33.9 Å². The summed E-state index contributed by atoms with van der Waals surface area (Å²) in [6, 6.07) is 9.99. The molecule has 4 atom stereocenters. The first-order chi connectivity index (χ1) is 33.3. The first kappa shape index (κ1) is 53.9.